The van der Waals surface area contributed by atoms with Crippen molar-refractivity contribution in [3.05, 3.63) is 65.2 Å². The Hall–Kier alpha value is -2.98. The predicted octanol–water partition coefficient (Wildman–Crippen LogP) is 3.30. The van der Waals surface area contributed by atoms with Crippen molar-refractivity contribution in [2.75, 3.05) is 19.1 Å². The maximum atomic E-state index is 12.9. The number of nitrogens with zero attached hydrogens (tertiary/aromatic N) is 1. The van der Waals surface area contributed by atoms with Gasteiger partial charge in [0.25, 0.3) is 5.91 Å². The maximum absolute atomic E-state index is 12.9. The standard InChI is InChI=1S/C22H25N3O3S/c1-15(17-10-8-16(14-23)9-11-17)24-22(27)19(12-13-29-3)25-21(26)18-6-4-5-7-20(18)28-2/h4-11,15,19H,12-13H2,1-3H3,(H,24,27)(H,25,26). The zero-order chi connectivity index (χ0) is 21.2. The van der Waals surface area contributed by atoms with Crippen molar-refractivity contribution in [2.45, 2.75) is 25.4 Å². The Kier molecular flexibility index (Phi) is 8.56. The molecule has 0 aliphatic rings. The molecular weight excluding hydrogens is 386 g/mol. The number of carbonyl (C=O) groups is 2. The van der Waals surface area contributed by atoms with E-state index in [2.05, 4.69) is 16.7 Å². The molecule has 7 heteroatoms. The van der Waals surface area contributed by atoms with Crippen LogP contribution in [0.1, 0.15) is 40.9 Å². The lowest BCUT2D eigenvalue weighted by atomic mass is 10.1. The second-order valence-electron chi connectivity index (χ2n) is 6.47. The Morgan fingerprint density at radius 1 is 1.14 bits per heavy atom. The van der Waals surface area contributed by atoms with Gasteiger partial charge in [0, 0.05) is 0 Å². The lowest BCUT2D eigenvalue weighted by Gasteiger charge is -2.22. The number of rotatable bonds is 9. The first-order valence-electron chi connectivity index (χ1n) is 9.23. The average Bonchev–Trinajstić information content (AvgIpc) is 2.76. The van der Waals surface area contributed by atoms with E-state index >= 15 is 0 Å². The number of thioether (sulfide) groups is 1. The summed E-state index contributed by atoms with van der Waals surface area (Å²) >= 11 is 1.61. The van der Waals surface area contributed by atoms with Crippen LogP contribution in [0.3, 0.4) is 0 Å². The molecule has 0 spiro atoms. The van der Waals surface area contributed by atoms with Crippen molar-refractivity contribution >= 4 is 23.6 Å². The predicted molar refractivity (Wildman–Crippen MR) is 115 cm³/mol. The van der Waals surface area contributed by atoms with Crippen LogP contribution in [0.2, 0.25) is 0 Å². The fourth-order valence-electron chi connectivity index (χ4n) is 2.82. The molecule has 6 nitrogen and oxygen atoms in total. The van der Waals surface area contributed by atoms with Crippen LogP contribution < -0.4 is 15.4 Å². The smallest absolute Gasteiger partial charge is 0.255 e. The molecule has 0 aliphatic heterocycles. The molecule has 2 atom stereocenters. The van der Waals surface area contributed by atoms with Gasteiger partial charge < -0.3 is 15.4 Å². The van der Waals surface area contributed by atoms with E-state index in [-0.39, 0.29) is 17.9 Å². The molecule has 0 saturated carbocycles. The van der Waals surface area contributed by atoms with Gasteiger partial charge in [0.15, 0.2) is 0 Å². The molecule has 152 valence electrons. The molecule has 2 aromatic rings. The number of methoxy groups -OCH3 is 1. The van der Waals surface area contributed by atoms with Gasteiger partial charge in [-0.2, -0.15) is 17.0 Å². The molecule has 0 fully saturated rings. The molecule has 29 heavy (non-hydrogen) atoms. The van der Waals surface area contributed by atoms with Crippen LogP contribution in [0.5, 0.6) is 5.75 Å². The second-order valence-corrected chi connectivity index (χ2v) is 7.46. The highest BCUT2D eigenvalue weighted by Crippen LogP contribution is 2.18. The summed E-state index contributed by atoms with van der Waals surface area (Å²) in [5, 5.41) is 14.7. The summed E-state index contributed by atoms with van der Waals surface area (Å²) in [5.41, 5.74) is 1.84. The molecule has 0 saturated heterocycles. The molecule has 2 rings (SSSR count). The SMILES string of the molecule is COc1ccccc1C(=O)NC(CCSC)C(=O)NC(C)c1ccc(C#N)cc1. The van der Waals surface area contributed by atoms with Crippen molar-refractivity contribution in [1.82, 2.24) is 10.6 Å². The van der Waals surface area contributed by atoms with Crippen LogP contribution in [-0.4, -0.2) is 37.0 Å². The normalized spacial score (nSPS) is 12.3. The topological polar surface area (TPSA) is 91.2 Å². The average molecular weight is 412 g/mol. The van der Waals surface area contributed by atoms with E-state index < -0.39 is 6.04 Å². The van der Waals surface area contributed by atoms with Gasteiger partial charge in [0.1, 0.15) is 11.8 Å². The van der Waals surface area contributed by atoms with Crippen LogP contribution >= 0.6 is 11.8 Å². The molecule has 0 aromatic heterocycles. The maximum Gasteiger partial charge on any atom is 0.255 e. The molecule has 0 radical (unpaired) electrons. The summed E-state index contributed by atoms with van der Waals surface area (Å²) in [4.78, 5) is 25.6. The van der Waals surface area contributed by atoms with E-state index in [9.17, 15) is 9.59 Å². The molecule has 0 aliphatic carbocycles. The summed E-state index contributed by atoms with van der Waals surface area (Å²) in [5.74, 6) is 0.587. The van der Waals surface area contributed by atoms with Crippen molar-refractivity contribution < 1.29 is 14.3 Å². The Labute approximate surface area is 175 Å². The van der Waals surface area contributed by atoms with Gasteiger partial charge in [-0.05, 0) is 55.2 Å². The van der Waals surface area contributed by atoms with Gasteiger partial charge in [-0.1, -0.05) is 24.3 Å². The van der Waals surface area contributed by atoms with Crippen LogP contribution in [0.25, 0.3) is 0 Å². The van der Waals surface area contributed by atoms with Crippen LogP contribution in [0.4, 0.5) is 0 Å². The minimum absolute atomic E-state index is 0.251. The number of amides is 2. The van der Waals surface area contributed by atoms with Crippen molar-refractivity contribution in [3.63, 3.8) is 0 Å². The molecule has 2 amide bonds. The van der Waals surface area contributed by atoms with Crippen molar-refractivity contribution in [3.8, 4) is 11.8 Å². The molecule has 2 aromatic carbocycles. The number of hydrogen-bond donors (Lipinski definition) is 2. The van der Waals surface area contributed by atoms with Gasteiger partial charge in [-0.25, -0.2) is 0 Å². The lowest BCUT2D eigenvalue weighted by Crippen LogP contribution is -2.47. The van der Waals surface area contributed by atoms with Crippen molar-refractivity contribution in [2.24, 2.45) is 0 Å². The fourth-order valence-corrected chi connectivity index (χ4v) is 3.29. The first-order valence-corrected chi connectivity index (χ1v) is 10.6. The Morgan fingerprint density at radius 3 is 2.45 bits per heavy atom. The highest BCUT2D eigenvalue weighted by atomic mass is 32.2. The number of benzene rings is 2. The lowest BCUT2D eigenvalue weighted by molar-refractivity contribution is -0.123. The number of hydrogen-bond acceptors (Lipinski definition) is 5. The summed E-state index contributed by atoms with van der Waals surface area (Å²) in [6.45, 7) is 1.87. The van der Waals surface area contributed by atoms with E-state index in [1.807, 2.05) is 25.3 Å². The van der Waals surface area contributed by atoms with E-state index in [4.69, 9.17) is 10.00 Å². The van der Waals surface area contributed by atoms with E-state index in [1.165, 1.54) is 7.11 Å². The van der Waals surface area contributed by atoms with E-state index in [1.54, 1.807) is 48.2 Å². The van der Waals surface area contributed by atoms with Crippen LogP contribution in [-0.2, 0) is 4.79 Å². The molecular formula is C22H25N3O3S. The monoisotopic (exact) mass is 411 g/mol. The second kappa shape index (κ2) is 11.1. The van der Waals surface area contributed by atoms with Gasteiger partial charge >= 0.3 is 0 Å². The third-order valence-corrected chi connectivity index (χ3v) is 5.13. The first kappa shape index (κ1) is 22.3. The Bertz CT molecular complexity index is 878. The third-order valence-electron chi connectivity index (χ3n) is 4.48. The number of ether oxygens (including phenoxy) is 1. The quantitative estimate of drug-likeness (QED) is 0.661. The van der Waals surface area contributed by atoms with E-state index in [0.717, 1.165) is 11.3 Å². The largest absolute Gasteiger partial charge is 0.496 e. The van der Waals surface area contributed by atoms with Gasteiger partial charge in [-0.15, -0.1) is 0 Å². The van der Waals surface area contributed by atoms with Crippen molar-refractivity contribution in [1.29, 1.82) is 5.26 Å². The zero-order valence-electron chi connectivity index (χ0n) is 16.8. The molecule has 0 heterocycles. The summed E-state index contributed by atoms with van der Waals surface area (Å²) in [6.07, 6.45) is 2.46. The molecule has 2 N–H and O–H groups in total. The van der Waals surface area contributed by atoms with Gasteiger partial charge in [0.2, 0.25) is 5.91 Å². The summed E-state index contributed by atoms with van der Waals surface area (Å²) in [7, 11) is 1.50. The van der Waals surface area contributed by atoms with Crippen LogP contribution in [0, 0.1) is 11.3 Å². The highest BCUT2D eigenvalue weighted by Gasteiger charge is 2.24. The van der Waals surface area contributed by atoms with E-state index in [0.29, 0.717) is 23.3 Å². The molecule has 2 unspecified atom stereocenters. The van der Waals surface area contributed by atoms with Gasteiger partial charge in [0.05, 0.1) is 30.3 Å². The zero-order valence-corrected chi connectivity index (χ0v) is 17.6. The first-order chi connectivity index (χ1) is 14.0. The number of para-hydroxylation sites is 1. The number of nitrogens with one attached hydrogen (secondary N) is 2. The van der Waals surface area contributed by atoms with Gasteiger partial charge in [-0.3, -0.25) is 9.59 Å². The highest BCUT2D eigenvalue weighted by molar-refractivity contribution is 7.98. The Balaban J connectivity index is 2.10. The minimum Gasteiger partial charge on any atom is -0.496 e. The third kappa shape index (κ3) is 6.26. The fraction of sp³-hybridized carbons (Fsp3) is 0.318. The number of nitriles is 1. The summed E-state index contributed by atoms with van der Waals surface area (Å²) in [6, 6.07) is 15.1. The summed E-state index contributed by atoms with van der Waals surface area (Å²) < 4.78 is 5.24. The molecule has 0 bridgehead atoms. The number of carbonyl (C=O) groups excluding carboxylic acids is 2. The minimum atomic E-state index is -0.666. The van der Waals surface area contributed by atoms with Crippen LogP contribution in [0.15, 0.2) is 48.5 Å². The Morgan fingerprint density at radius 2 is 1.83 bits per heavy atom.